The highest BCUT2D eigenvalue weighted by molar-refractivity contribution is 7.90. The molecule has 0 radical (unpaired) electrons. The van der Waals surface area contributed by atoms with Crippen LogP contribution in [0.2, 0.25) is 0 Å². The van der Waals surface area contributed by atoms with Gasteiger partial charge in [0.05, 0.1) is 5.71 Å². The Hall–Kier alpha value is -2.87. The molecule has 1 N–H and O–H groups in total. The van der Waals surface area contributed by atoms with Crippen molar-refractivity contribution < 1.29 is 17.9 Å². The molecule has 7 nitrogen and oxygen atoms in total. The average Bonchev–Trinajstić information content (AvgIpc) is 3.15. The summed E-state index contributed by atoms with van der Waals surface area (Å²) in [5.74, 6) is 1.57. The van der Waals surface area contributed by atoms with Crippen molar-refractivity contribution in [2.45, 2.75) is 11.8 Å². The van der Waals surface area contributed by atoms with E-state index in [0.717, 1.165) is 5.56 Å². The number of nitrogens with one attached hydrogen (secondary N) is 1. The van der Waals surface area contributed by atoms with E-state index in [9.17, 15) is 8.42 Å². The van der Waals surface area contributed by atoms with Gasteiger partial charge in [-0.05, 0) is 37.3 Å². The van der Waals surface area contributed by atoms with Gasteiger partial charge in [0.2, 0.25) is 6.79 Å². The molecule has 0 unspecified atom stereocenters. The number of hydrogen-bond donors (Lipinski definition) is 1. The zero-order valence-electron chi connectivity index (χ0n) is 12.7. The fraction of sp³-hybridized carbons (Fsp3) is 0.125. The summed E-state index contributed by atoms with van der Waals surface area (Å²) in [5.41, 5.74) is 4.76. The SMILES string of the molecule is CC(=NNC1=NS(=O)(=O)c2ccccc21)c1ccc2c(c1)OCO2. The Kier molecular flexibility index (Phi) is 3.27. The van der Waals surface area contributed by atoms with Gasteiger partial charge in [0.25, 0.3) is 10.0 Å². The van der Waals surface area contributed by atoms with E-state index < -0.39 is 10.0 Å². The first-order valence-electron chi connectivity index (χ1n) is 7.19. The van der Waals surface area contributed by atoms with E-state index in [2.05, 4.69) is 14.9 Å². The Labute approximate surface area is 138 Å². The monoisotopic (exact) mass is 343 g/mol. The summed E-state index contributed by atoms with van der Waals surface area (Å²) < 4.78 is 38.4. The predicted octanol–water partition coefficient (Wildman–Crippen LogP) is 1.88. The maximum Gasteiger partial charge on any atom is 0.285 e. The van der Waals surface area contributed by atoms with Crippen molar-refractivity contribution in [3.63, 3.8) is 0 Å². The Morgan fingerprint density at radius 3 is 2.83 bits per heavy atom. The van der Waals surface area contributed by atoms with E-state index >= 15 is 0 Å². The van der Waals surface area contributed by atoms with Gasteiger partial charge in [-0.25, -0.2) is 0 Å². The lowest BCUT2D eigenvalue weighted by atomic mass is 10.1. The molecule has 0 aromatic heterocycles. The Morgan fingerprint density at radius 1 is 1.17 bits per heavy atom. The van der Waals surface area contributed by atoms with Crippen molar-refractivity contribution in [1.29, 1.82) is 0 Å². The van der Waals surface area contributed by atoms with Crippen LogP contribution in [0.5, 0.6) is 11.5 Å². The highest BCUT2D eigenvalue weighted by Crippen LogP contribution is 2.32. The van der Waals surface area contributed by atoms with Gasteiger partial charge in [0.15, 0.2) is 17.3 Å². The van der Waals surface area contributed by atoms with Crippen LogP contribution in [0.3, 0.4) is 0 Å². The third-order valence-electron chi connectivity index (χ3n) is 3.75. The molecule has 8 heteroatoms. The van der Waals surface area contributed by atoms with Gasteiger partial charge in [-0.3, -0.25) is 5.43 Å². The molecular weight excluding hydrogens is 330 g/mol. The summed E-state index contributed by atoms with van der Waals surface area (Å²) in [6.07, 6.45) is 0. The minimum absolute atomic E-state index is 0.184. The van der Waals surface area contributed by atoms with Gasteiger partial charge >= 0.3 is 0 Å². The lowest BCUT2D eigenvalue weighted by Gasteiger charge is -2.05. The molecule has 2 heterocycles. The van der Waals surface area contributed by atoms with Gasteiger partial charge < -0.3 is 9.47 Å². The Morgan fingerprint density at radius 2 is 1.96 bits per heavy atom. The molecule has 2 aromatic carbocycles. The van der Waals surface area contributed by atoms with Crippen molar-refractivity contribution in [2.75, 3.05) is 6.79 Å². The number of amidine groups is 1. The first-order valence-corrected chi connectivity index (χ1v) is 8.63. The van der Waals surface area contributed by atoms with Gasteiger partial charge in [0.1, 0.15) is 4.90 Å². The van der Waals surface area contributed by atoms with Gasteiger partial charge in [0, 0.05) is 11.1 Å². The van der Waals surface area contributed by atoms with Gasteiger partial charge in [-0.1, -0.05) is 12.1 Å². The second-order valence-electron chi connectivity index (χ2n) is 5.29. The molecule has 122 valence electrons. The molecule has 0 fully saturated rings. The summed E-state index contributed by atoms with van der Waals surface area (Å²) in [6, 6.07) is 12.1. The molecule has 24 heavy (non-hydrogen) atoms. The molecule has 0 aliphatic carbocycles. The molecule has 2 aliphatic rings. The summed E-state index contributed by atoms with van der Waals surface area (Å²) in [6.45, 7) is 2.01. The van der Waals surface area contributed by atoms with Crippen LogP contribution in [0.1, 0.15) is 18.1 Å². The number of nitrogens with zero attached hydrogens (tertiary/aromatic N) is 2. The van der Waals surface area contributed by atoms with Crippen LogP contribution in [0, 0.1) is 0 Å². The van der Waals surface area contributed by atoms with Crippen LogP contribution in [0.15, 0.2) is 56.9 Å². The second-order valence-corrected chi connectivity index (χ2v) is 6.86. The first kappa shape index (κ1) is 14.7. The highest BCUT2D eigenvalue weighted by Gasteiger charge is 2.28. The van der Waals surface area contributed by atoms with E-state index in [4.69, 9.17) is 9.47 Å². The minimum Gasteiger partial charge on any atom is -0.454 e. The highest BCUT2D eigenvalue weighted by atomic mass is 32.2. The molecule has 0 spiro atoms. The van der Waals surface area contributed by atoms with Crippen LogP contribution < -0.4 is 14.9 Å². The first-order chi connectivity index (χ1) is 11.5. The summed E-state index contributed by atoms with van der Waals surface area (Å²) in [5, 5.41) is 4.24. The fourth-order valence-corrected chi connectivity index (χ4v) is 3.68. The number of fused-ring (bicyclic) bond motifs is 2. The number of sulfonamides is 1. The molecule has 2 aromatic rings. The van der Waals surface area contributed by atoms with Crippen LogP contribution in [0.4, 0.5) is 0 Å². The lowest BCUT2D eigenvalue weighted by molar-refractivity contribution is 0.174. The fourth-order valence-electron chi connectivity index (χ4n) is 2.51. The second kappa shape index (κ2) is 5.34. The number of rotatable bonds is 2. The van der Waals surface area contributed by atoms with E-state index in [1.54, 1.807) is 25.1 Å². The van der Waals surface area contributed by atoms with Gasteiger partial charge in [-0.2, -0.15) is 13.5 Å². The smallest absolute Gasteiger partial charge is 0.285 e. The number of hydrazone groups is 1. The van der Waals surface area contributed by atoms with E-state index in [1.807, 2.05) is 18.2 Å². The summed E-state index contributed by atoms with van der Waals surface area (Å²) in [4.78, 5) is 0.184. The largest absolute Gasteiger partial charge is 0.454 e. The molecule has 2 aliphatic heterocycles. The van der Waals surface area contributed by atoms with Gasteiger partial charge in [-0.15, -0.1) is 4.40 Å². The third kappa shape index (κ3) is 2.41. The van der Waals surface area contributed by atoms with Crippen LogP contribution in [-0.4, -0.2) is 26.8 Å². The number of benzene rings is 2. The van der Waals surface area contributed by atoms with Crippen molar-refractivity contribution in [1.82, 2.24) is 5.43 Å². The molecular formula is C16H13N3O4S. The zero-order chi connectivity index (χ0) is 16.7. The summed E-state index contributed by atoms with van der Waals surface area (Å²) in [7, 11) is -3.66. The van der Waals surface area contributed by atoms with Crippen molar-refractivity contribution >= 4 is 21.6 Å². The topological polar surface area (TPSA) is 89.4 Å². The van der Waals surface area contributed by atoms with Crippen LogP contribution in [0.25, 0.3) is 0 Å². The maximum atomic E-state index is 12.0. The quantitative estimate of drug-likeness (QED) is 0.664. The minimum atomic E-state index is -3.66. The summed E-state index contributed by atoms with van der Waals surface area (Å²) >= 11 is 0. The van der Waals surface area contributed by atoms with E-state index in [0.29, 0.717) is 22.8 Å². The number of hydrogen-bond acceptors (Lipinski definition) is 6. The third-order valence-corrected chi connectivity index (χ3v) is 5.09. The predicted molar refractivity (Wildman–Crippen MR) is 88.1 cm³/mol. The Balaban J connectivity index is 1.62. The van der Waals surface area contributed by atoms with E-state index in [-0.39, 0.29) is 17.5 Å². The molecule has 0 amide bonds. The maximum absolute atomic E-state index is 12.0. The molecule has 0 saturated carbocycles. The molecule has 4 rings (SSSR count). The normalized spacial score (nSPS) is 17.4. The zero-order valence-corrected chi connectivity index (χ0v) is 13.5. The van der Waals surface area contributed by atoms with Crippen molar-refractivity contribution in [3.05, 3.63) is 53.6 Å². The van der Waals surface area contributed by atoms with Crippen LogP contribution >= 0.6 is 0 Å². The Bertz CT molecular complexity index is 996. The average molecular weight is 343 g/mol. The molecule has 0 saturated heterocycles. The molecule has 0 bridgehead atoms. The van der Waals surface area contributed by atoms with Crippen molar-refractivity contribution in [2.24, 2.45) is 9.50 Å². The van der Waals surface area contributed by atoms with Crippen LogP contribution in [-0.2, 0) is 10.0 Å². The van der Waals surface area contributed by atoms with E-state index in [1.165, 1.54) is 6.07 Å². The lowest BCUT2D eigenvalue weighted by Crippen LogP contribution is -2.19. The molecule has 0 atom stereocenters. The van der Waals surface area contributed by atoms with Crippen molar-refractivity contribution in [3.8, 4) is 11.5 Å². The standard InChI is InChI=1S/C16H13N3O4S/c1-10(11-6-7-13-14(8-11)23-9-22-13)17-18-16-12-4-2-3-5-15(12)24(20,21)19-16/h2-8H,9H2,1H3,(H,18,19). The number of ether oxygens (including phenoxy) is 2.